The first-order valence-electron chi connectivity index (χ1n) is 3.51. The van der Waals surface area contributed by atoms with Crippen LogP contribution in [0.4, 0.5) is 17.8 Å². The Hall–Kier alpha value is -2.38. The van der Waals surface area contributed by atoms with Gasteiger partial charge in [-0.1, -0.05) is 0 Å². The monoisotopic (exact) mass is 196 g/mol. The van der Waals surface area contributed by atoms with Crippen molar-refractivity contribution in [2.45, 2.75) is 0 Å². The summed E-state index contributed by atoms with van der Waals surface area (Å²) in [7, 11) is 0. The van der Waals surface area contributed by atoms with Gasteiger partial charge in [0.25, 0.3) is 0 Å². The molecule has 0 amide bonds. The Labute approximate surface area is 78.7 Å². The zero-order valence-electron chi connectivity index (χ0n) is 7.01. The van der Waals surface area contributed by atoms with Gasteiger partial charge in [-0.15, -0.1) is 0 Å². The lowest BCUT2D eigenvalue weighted by Crippen LogP contribution is -2.06. The van der Waals surface area contributed by atoms with E-state index in [0.717, 1.165) is 12.3 Å². The van der Waals surface area contributed by atoms with Crippen LogP contribution in [-0.4, -0.2) is 26.0 Å². The van der Waals surface area contributed by atoms with Crippen LogP contribution in [-0.2, 0) is 4.79 Å². The number of nitrogens with zero attached hydrogens (tertiary/aromatic N) is 3. The molecule has 1 heterocycles. The van der Waals surface area contributed by atoms with Gasteiger partial charge in [0.1, 0.15) is 0 Å². The van der Waals surface area contributed by atoms with E-state index in [1.54, 1.807) is 0 Å². The molecule has 0 fully saturated rings. The number of nitrogens with two attached hydrogens (primary N) is 2. The Bertz CT molecular complexity index is 356. The molecule has 0 aliphatic carbocycles. The summed E-state index contributed by atoms with van der Waals surface area (Å²) in [5.41, 5.74) is 10.5. The van der Waals surface area contributed by atoms with Crippen molar-refractivity contribution < 1.29 is 9.90 Å². The van der Waals surface area contributed by atoms with Gasteiger partial charge in [-0.2, -0.15) is 15.0 Å². The number of aliphatic carboxylic acids is 1. The number of hydrogen-bond acceptors (Lipinski definition) is 7. The molecule has 0 saturated carbocycles. The van der Waals surface area contributed by atoms with E-state index >= 15 is 0 Å². The summed E-state index contributed by atoms with van der Waals surface area (Å²) >= 11 is 0. The fourth-order valence-electron chi connectivity index (χ4n) is 0.661. The van der Waals surface area contributed by atoms with Crippen LogP contribution < -0.4 is 16.8 Å². The first kappa shape index (κ1) is 9.71. The summed E-state index contributed by atoms with van der Waals surface area (Å²) in [6.45, 7) is 0. The Balaban J connectivity index is 2.72. The highest BCUT2D eigenvalue weighted by molar-refractivity contribution is 5.80. The highest BCUT2D eigenvalue weighted by atomic mass is 16.4. The number of carboxylic acids is 1. The summed E-state index contributed by atoms with van der Waals surface area (Å²) in [6, 6.07) is 0. The average Bonchev–Trinajstić information content (AvgIpc) is 2.01. The molecule has 8 heteroatoms. The number of nitrogens with one attached hydrogen (secondary N) is 1. The minimum atomic E-state index is -1.09. The largest absolute Gasteiger partial charge is 0.478 e. The van der Waals surface area contributed by atoms with E-state index in [1.165, 1.54) is 0 Å². The van der Waals surface area contributed by atoms with Crippen LogP contribution >= 0.6 is 0 Å². The van der Waals surface area contributed by atoms with E-state index < -0.39 is 5.97 Å². The highest BCUT2D eigenvalue weighted by Gasteiger charge is 1.98. The van der Waals surface area contributed by atoms with Crippen molar-refractivity contribution in [1.82, 2.24) is 15.0 Å². The van der Waals surface area contributed by atoms with Gasteiger partial charge >= 0.3 is 5.97 Å². The Morgan fingerprint density at radius 3 is 2.36 bits per heavy atom. The molecule has 0 radical (unpaired) electrons. The lowest BCUT2D eigenvalue weighted by Gasteiger charge is -1.99. The lowest BCUT2D eigenvalue weighted by atomic mass is 10.6. The quantitative estimate of drug-likeness (QED) is 0.453. The van der Waals surface area contributed by atoms with Gasteiger partial charge in [-0.25, -0.2) is 4.79 Å². The first-order valence-corrected chi connectivity index (χ1v) is 3.51. The maximum atomic E-state index is 10.1. The maximum Gasteiger partial charge on any atom is 0.329 e. The molecule has 0 aliphatic heterocycles. The van der Waals surface area contributed by atoms with Crippen LogP contribution in [0.3, 0.4) is 0 Å². The fraction of sp³-hybridized carbons (Fsp3) is 0. The van der Waals surface area contributed by atoms with E-state index in [4.69, 9.17) is 16.6 Å². The van der Waals surface area contributed by atoms with Crippen molar-refractivity contribution in [3.8, 4) is 0 Å². The molecular formula is C6H8N6O2. The van der Waals surface area contributed by atoms with E-state index in [0.29, 0.717) is 0 Å². The number of carboxylic acid groups (broad SMARTS) is 1. The molecule has 0 unspecified atom stereocenters. The summed E-state index contributed by atoms with van der Waals surface area (Å²) in [5, 5.41) is 10.7. The first-order chi connectivity index (χ1) is 6.58. The summed E-state index contributed by atoms with van der Waals surface area (Å²) < 4.78 is 0. The molecule has 1 aromatic rings. The van der Waals surface area contributed by atoms with E-state index in [1.807, 2.05) is 0 Å². The van der Waals surface area contributed by atoms with E-state index in [2.05, 4.69) is 20.3 Å². The smallest absolute Gasteiger partial charge is 0.329 e. The zero-order chi connectivity index (χ0) is 10.6. The standard InChI is InChI=1S/C6H8N6O2/c7-4-10-5(8)12-6(11-4)9-2-1-3(13)14/h1-2H,(H,13,14)(H5,7,8,9,10,11,12). The van der Waals surface area contributed by atoms with Gasteiger partial charge in [0.2, 0.25) is 17.8 Å². The molecule has 0 saturated heterocycles. The van der Waals surface area contributed by atoms with Crippen molar-refractivity contribution >= 4 is 23.8 Å². The zero-order valence-corrected chi connectivity index (χ0v) is 7.01. The molecule has 1 aromatic heterocycles. The minimum absolute atomic E-state index is 0.0382. The maximum absolute atomic E-state index is 10.1. The minimum Gasteiger partial charge on any atom is -0.478 e. The van der Waals surface area contributed by atoms with Gasteiger partial charge in [0, 0.05) is 12.3 Å². The number of nitrogen functional groups attached to an aromatic ring is 2. The average molecular weight is 196 g/mol. The molecule has 14 heavy (non-hydrogen) atoms. The molecule has 0 spiro atoms. The second kappa shape index (κ2) is 4.03. The molecule has 74 valence electrons. The van der Waals surface area contributed by atoms with Crippen molar-refractivity contribution in [2.24, 2.45) is 0 Å². The second-order valence-electron chi connectivity index (χ2n) is 2.19. The van der Waals surface area contributed by atoms with Gasteiger partial charge in [-0.3, -0.25) is 0 Å². The summed E-state index contributed by atoms with van der Waals surface area (Å²) in [4.78, 5) is 20.9. The fourth-order valence-corrected chi connectivity index (χ4v) is 0.661. The molecular weight excluding hydrogens is 188 g/mol. The van der Waals surface area contributed by atoms with Gasteiger partial charge in [-0.05, 0) is 0 Å². The number of anilines is 3. The van der Waals surface area contributed by atoms with Crippen molar-refractivity contribution in [2.75, 3.05) is 16.8 Å². The molecule has 6 N–H and O–H groups in total. The van der Waals surface area contributed by atoms with Gasteiger partial charge in [0.15, 0.2) is 0 Å². The normalized spacial score (nSPS) is 10.3. The third-order valence-corrected chi connectivity index (χ3v) is 1.11. The van der Waals surface area contributed by atoms with Crippen molar-refractivity contribution in [1.29, 1.82) is 0 Å². The number of hydrogen-bond donors (Lipinski definition) is 4. The molecule has 0 aliphatic rings. The second-order valence-corrected chi connectivity index (χ2v) is 2.19. The molecule has 0 aromatic carbocycles. The van der Waals surface area contributed by atoms with Crippen LogP contribution in [0.5, 0.6) is 0 Å². The molecule has 0 bridgehead atoms. The molecule has 8 nitrogen and oxygen atoms in total. The lowest BCUT2D eigenvalue weighted by molar-refractivity contribution is -0.131. The third kappa shape index (κ3) is 2.93. The number of rotatable bonds is 3. The summed E-state index contributed by atoms with van der Waals surface area (Å²) in [6.07, 6.45) is 2.03. The Morgan fingerprint density at radius 1 is 1.29 bits per heavy atom. The predicted molar refractivity (Wildman–Crippen MR) is 49.1 cm³/mol. The summed E-state index contributed by atoms with van der Waals surface area (Å²) in [5.74, 6) is -1.08. The number of carbonyl (C=O) groups is 1. The third-order valence-electron chi connectivity index (χ3n) is 1.11. The van der Waals surface area contributed by atoms with Crippen LogP contribution in [0.1, 0.15) is 0 Å². The van der Waals surface area contributed by atoms with Gasteiger partial charge in [0.05, 0.1) is 0 Å². The SMILES string of the molecule is Nc1nc(N)nc(NC=CC(=O)O)n1. The Kier molecular flexibility index (Phi) is 2.79. The van der Waals surface area contributed by atoms with E-state index in [-0.39, 0.29) is 17.8 Å². The predicted octanol–water partition coefficient (Wildman–Crippen LogP) is -0.954. The van der Waals surface area contributed by atoms with E-state index in [9.17, 15) is 4.79 Å². The topological polar surface area (TPSA) is 140 Å². The molecule has 0 atom stereocenters. The van der Waals surface area contributed by atoms with Crippen LogP contribution in [0, 0.1) is 0 Å². The van der Waals surface area contributed by atoms with Gasteiger partial charge < -0.3 is 21.9 Å². The van der Waals surface area contributed by atoms with Crippen LogP contribution in [0.15, 0.2) is 12.3 Å². The Morgan fingerprint density at radius 2 is 1.86 bits per heavy atom. The van der Waals surface area contributed by atoms with Crippen LogP contribution in [0.2, 0.25) is 0 Å². The number of aromatic nitrogens is 3. The van der Waals surface area contributed by atoms with Crippen molar-refractivity contribution in [3.05, 3.63) is 12.3 Å². The highest BCUT2D eigenvalue weighted by Crippen LogP contribution is 2.02. The van der Waals surface area contributed by atoms with Crippen molar-refractivity contribution in [3.63, 3.8) is 0 Å². The van der Waals surface area contributed by atoms with Crippen LogP contribution in [0.25, 0.3) is 0 Å². The molecule has 1 rings (SSSR count).